The van der Waals surface area contributed by atoms with E-state index in [-0.39, 0.29) is 36.5 Å². The summed E-state index contributed by atoms with van der Waals surface area (Å²) in [7, 11) is 0. The van der Waals surface area contributed by atoms with Crippen molar-refractivity contribution in [3.05, 3.63) is 82.0 Å². The van der Waals surface area contributed by atoms with Crippen molar-refractivity contribution in [2.45, 2.75) is 82.4 Å². The first kappa shape index (κ1) is 40.3. The number of rotatable bonds is 8. The number of halogens is 1. The number of fused-ring (bicyclic) bond motifs is 1. The van der Waals surface area contributed by atoms with Gasteiger partial charge in [0.1, 0.15) is 23.7 Å². The lowest BCUT2D eigenvalue weighted by atomic mass is 9.92. The van der Waals surface area contributed by atoms with E-state index in [0.717, 1.165) is 114 Å². The van der Waals surface area contributed by atoms with Gasteiger partial charge in [-0.3, -0.25) is 39.1 Å². The highest BCUT2D eigenvalue weighted by atomic mass is 35.5. The third kappa shape index (κ3) is 9.06. The van der Waals surface area contributed by atoms with Crippen molar-refractivity contribution in [3.8, 4) is 11.8 Å². The number of nitrogens with one attached hydrogen (secondary N) is 2. The second-order valence-electron chi connectivity index (χ2n) is 16.3. The van der Waals surface area contributed by atoms with Crippen LogP contribution in [0.1, 0.15) is 90.5 Å². The van der Waals surface area contributed by atoms with Gasteiger partial charge in [0.25, 0.3) is 17.7 Å². The highest BCUT2D eigenvalue weighted by Crippen LogP contribution is 2.32. The summed E-state index contributed by atoms with van der Waals surface area (Å²) in [6, 6.07) is 11.6. The monoisotopic (exact) mass is 820 g/mol. The minimum atomic E-state index is -0.979. The molecule has 8 rings (SSSR count). The van der Waals surface area contributed by atoms with Gasteiger partial charge >= 0.3 is 0 Å². The molecule has 5 amide bonds. The van der Waals surface area contributed by atoms with Crippen molar-refractivity contribution in [2.75, 3.05) is 50.7 Å². The van der Waals surface area contributed by atoms with Crippen LogP contribution in [0, 0.1) is 17.2 Å². The highest BCUT2D eigenvalue weighted by Gasteiger charge is 2.45. The van der Waals surface area contributed by atoms with E-state index < -0.39 is 29.7 Å². The summed E-state index contributed by atoms with van der Waals surface area (Å²) >= 11 is 6.18. The van der Waals surface area contributed by atoms with E-state index in [4.69, 9.17) is 26.6 Å². The van der Waals surface area contributed by atoms with Crippen LogP contribution in [0.5, 0.6) is 5.75 Å². The van der Waals surface area contributed by atoms with E-state index in [1.54, 1.807) is 36.5 Å². The Balaban J connectivity index is 0.803. The van der Waals surface area contributed by atoms with Crippen molar-refractivity contribution in [1.82, 2.24) is 25.3 Å². The lowest BCUT2D eigenvalue weighted by molar-refractivity contribution is -0.136. The van der Waals surface area contributed by atoms with Crippen LogP contribution < -0.4 is 20.3 Å². The standard InChI is InChI=1S/C44H49ClN8O6/c45-37-23-34(10-6-29(37)24-46)59-33-11-7-31(8-12-33)48-41(55)30-4-2-1-3-5-39(47-25-30)52-17-16-28(27-52)26-50-18-20-51(21-19-50)32-9-13-35-36(22-32)44(58)53(43(35)57)38-14-15-40(54)49-42(38)56/h2,4,6,9-10,13,22-23,25,28,31,33,38H,1,3,5,7-8,11-12,14-21,26-27H2,(H,48,55)(H,49,54,56)/b4-2-,30-25+,47-39?/t28-,31?,33?,38?/m0/s1. The molecule has 0 aromatic heterocycles. The van der Waals surface area contributed by atoms with Gasteiger partial charge in [0, 0.05) is 82.7 Å². The minimum Gasteiger partial charge on any atom is -0.490 e. The second-order valence-corrected chi connectivity index (χ2v) is 16.7. The fraction of sp³-hybridized carbons (Fsp3) is 0.477. The highest BCUT2D eigenvalue weighted by molar-refractivity contribution is 6.31. The van der Waals surface area contributed by atoms with Crippen molar-refractivity contribution >= 4 is 52.7 Å². The Morgan fingerprint density at radius 3 is 2.47 bits per heavy atom. The molecule has 14 nitrogen and oxygen atoms in total. The number of likely N-dealkylation sites (tertiary alicyclic amines) is 1. The second kappa shape index (κ2) is 17.8. The van der Waals surface area contributed by atoms with Gasteiger partial charge in [0.05, 0.1) is 33.4 Å². The molecule has 2 aromatic rings. The average Bonchev–Trinajstić information content (AvgIpc) is 3.83. The predicted octanol–water partition coefficient (Wildman–Crippen LogP) is 4.59. The fourth-order valence-corrected chi connectivity index (χ4v) is 9.30. The van der Waals surface area contributed by atoms with Crippen LogP contribution in [0.2, 0.25) is 5.02 Å². The minimum absolute atomic E-state index is 0.0257. The first-order valence-electron chi connectivity index (χ1n) is 20.8. The van der Waals surface area contributed by atoms with E-state index in [0.29, 0.717) is 33.4 Å². The molecule has 2 atom stereocenters. The van der Waals surface area contributed by atoms with Gasteiger partial charge in [0.15, 0.2) is 0 Å². The van der Waals surface area contributed by atoms with Gasteiger partial charge in [-0.1, -0.05) is 23.8 Å². The van der Waals surface area contributed by atoms with Gasteiger partial charge < -0.3 is 19.9 Å². The average molecular weight is 821 g/mol. The molecule has 15 heteroatoms. The molecule has 59 heavy (non-hydrogen) atoms. The Morgan fingerprint density at radius 1 is 0.915 bits per heavy atom. The zero-order valence-corrected chi connectivity index (χ0v) is 33.8. The van der Waals surface area contributed by atoms with E-state index in [1.165, 1.54) is 0 Å². The summed E-state index contributed by atoms with van der Waals surface area (Å²) < 4.78 is 6.13. The number of hydrogen-bond donors (Lipinski definition) is 2. The number of amides is 5. The normalized spacial score (nSPS) is 26.7. The molecule has 1 saturated carbocycles. The third-order valence-electron chi connectivity index (χ3n) is 12.4. The van der Waals surface area contributed by atoms with Crippen molar-refractivity contribution in [3.63, 3.8) is 0 Å². The van der Waals surface area contributed by atoms with E-state index in [1.807, 2.05) is 12.1 Å². The number of hydrogen-bond acceptors (Lipinski definition) is 11. The van der Waals surface area contributed by atoms with Crippen molar-refractivity contribution in [1.29, 1.82) is 5.26 Å². The number of amidine groups is 1. The summed E-state index contributed by atoms with van der Waals surface area (Å²) in [5, 5.41) is 15.0. The van der Waals surface area contributed by atoms with Crippen LogP contribution in [0.4, 0.5) is 5.69 Å². The number of allylic oxidation sites excluding steroid dienone is 1. The van der Waals surface area contributed by atoms with Crippen LogP contribution >= 0.6 is 11.6 Å². The van der Waals surface area contributed by atoms with Crippen LogP contribution in [-0.2, 0) is 14.4 Å². The third-order valence-corrected chi connectivity index (χ3v) is 12.7. The molecule has 0 bridgehead atoms. The van der Waals surface area contributed by atoms with Gasteiger partial charge in [-0.15, -0.1) is 0 Å². The molecule has 4 fully saturated rings. The number of piperidine rings is 1. The number of nitrogens with zero attached hydrogens (tertiary/aromatic N) is 6. The Labute approximate surface area is 348 Å². The van der Waals surface area contributed by atoms with Gasteiger partial charge in [-0.2, -0.15) is 5.26 Å². The molecule has 5 aliphatic heterocycles. The Bertz CT molecular complexity index is 2150. The summed E-state index contributed by atoms with van der Waals surface area (Å²) in [4.78, 5) is 77.1. The number of carbonyl (C=O) groups is 5. The van der Waals surface area contributed by atoms with Crippen LogP contribution in [0.15, 0.2) is 65.3 Å². The maximum Gasteiger partial charge on any atom is 0.262 e. The van der Waals surface area contributed by atoms with Gasteiger partial charge in [0.2, 0.25) is 11.8 Å². The molecular formula is C44H49ClN8O6. The van der Waals surface area contributed by atoms with Crippen LogP contribution in [0.25, 0.3) is 0 Å². The van der Waals surface area contributed by atoms with Crippen LogP contribution in [-0.4, -0.2) is 114 Å². The topological polar surface area (TPSA) is 168 Å². The number of nitriles is 1. The maximum atomic E-state index is 13.5. The molecule has 0 radical (unpaired) electrons. The number of ether oxygens (including phenoxy) is 1. The number of anilines is 1. The molecule has 5 heterocycles. The lowest BCUT2D eigenvalue weighted by Gasteiger charge is -2.37. The quantitative estimate of drug-likeness (QED) is 0.360. The summed E-state index contributed by atoms with van der Waals surface area (Å²) in [5.74, 6) is 0.0823. The van der Waals surface area contributed by atoms with E-state index in [9.17, 15) is 24.0 Å². The molecule has 6 aliphatic rings. The smallest absolute Gasteiger partial charge is 0.262 e. The van der Waals surface area contributed by atoms with E-state index in [2.05, 4.69) is 37.5 Å². The number of imide groups is 2. The molecule has 308 valence electrons. The Kier molecular flexibility index (Phi) is 12.1. The summed E-state index contributed by atoms with van der Waals surface area (Å²) in [6.45, 7) is 6.15. The largest absolute Gasteiger partial charge is 0.490 e. The van der Waals surface area contributed by atoms with Crippen molar-refractivity contribution in [2.24, 2.45) is 10.9 Å². The number of aliphatic imine (C=N–C) groups is 1. The first-order chi connectivity index (χ1) is 28.6. The predicted molar refractivity (Wildman–Crippen MR) is 221 cm³/mol. The first-order valence-corrected chi connectivity index (χ1v) is 21.2. The molecule has 2 N–H and O–H groups in total. The van der Waals surface area contributed by atoms with Gasteiger partial charge in [-0.05, 0) is 87.6 Å². The SMILES string of the molecule is N#Cc1ccc(OC2CCC(NC(=O)C3=C/N=C(N4CC[C@@H](CN5CCN(c6ccc7c(c6)C(=O)N(C6CCC(=O)NC6=O)C7=O)CC5)C4)CCC/C=C\3)CC2)cc1Cl. The molecule has 1 aliphatic carbocycles. The molecule has 0 spiro atoms. The molecule has 2 aromatic carbocycles. The Morgan fingerprint density at radius 2 is 1.71 bits per heavy atom. The van der Waals surface area contributed by atoms with Gasteiger partial charge in [-0.25, -0.2) is 4.99 Å². The Hall–Kier alpha value is -5.52. The zero-order chi connectivity index (χ0) is 41.0. The van der Waals surface area contributed by atoms with Crippen molar-refractivity contribution < 1.29 is 28.7 Å². The maximum absolute atomic E-state index is 13.5. The lowest BCUT2D eigenvalue weighted by Crippen LogP contribution is -2.54. The summed E-state index contributed by atoms with van der Waals surface area (Å²) in [6.07, 6.45) is 12.9. The fourth-order valence-electron chi connectivity index (χ4n) is 9.09. The number of carbonyl (C=O) groups excluding carboxylic acids is 5. The summed E-state index contributed by atoms with van der Waals surface area (Å²) in [5.41, 5.74) is 2.45. The zero-order valence-electron chi connectivity index (χ0n) is 33.0. The van der Waals surface area contributed by atoms with E-state index >= 15 is 0 Å². The number of piperazine rings is 1. The molecule has 3 saturated heterocycles. The molecule has 1 unspecified atom stereocenters. The number of benzene rings is 2. The van der Waals surface area contributed by atoms with Crippen LogP contribution in [0.3, 0.4) is 0 Å². The molecular weight excluding hydrogens is 772 g/mol.